The molecule has 2 aromatic rings. The molecule has 4 nitrogen and oxygen atoms in total. The van der Waals surface area contributed by atoms with Gasteiger partial charge < -0.3 is 14.6 Å². The van der Waals surface area contributed by atoms with Gasteiger partial charge in [0.1, 0.15) is 11.6 Å². The van der Waals surface area contributed by atoms with Gasteiger partial charge in [-0.2, -0.15) is 0 Å². The van der Waals surface area contributed by atoms with Crippen LogP contribution in [0.3, 0.4) is 0 Å². The van der Waals surface area contributed by atoms with Crippen molar-refractivity contribution in [2.75, 3.05) is 26.8 Å². The van der Waals surface area contributed by atoms with E-state index in [0.29, 0.717) is 31.7 Å². The summed E-state index contributed by atoms with van der Waals surface area (Å²) in [6, 6.07) is 14.9. The molecule has 1 fully saturated rings. The first-order chi connectivity index (χ1) is 13.9. The summed E-state index contributed by atoms with van der Waals surface area (Å²) in [6.07, 6.45) is 0.949. The number of methoxy groups -OCH3 is 1. The predicted octanol–water partition coefficient (Wildman–Crippen LogP) is 4.06. The molecule has 1 aliphatic rings. The Labute approximate surface area is 173 Å². The highest BCUT2D eigenvalue weighted by Gasteiger charge is 2.37. The maximum Gasteiger partial charge on any atom is 0.123 e. The Bertz CT molecular complexity index is 781. The summed E-state index contributed by atoms with van der Waals surface area (Å²) < 4.78 is 25.0. The topological polar surface area (TPSA) is 41.9 Å². The largest absolute Gasteiger partial charge is 0.496 e. The fourth-order valence-corrected chi connectivity index (χ4v) is 4.26. The molecule has 2 aromatic carbocycles. The van der Waals surface area contributed by atoms with E-state index in [1.165, 1.54) is 17.7 Å². The molecule has 0 aromatic heterocycles. The molecule has 0 saturated carbocycles. The first-order valence-electron chi connectivity index (χ1n) is 10.3. The van der Waals surface area contributed by atoms with Gasteiger partial charge >= 0.3 is 0 Å². The van der Waals surface area contributed by atoms with Gasteiger partial charge in [0, 0.05) is 19.6 Å². The van der Waals surface area contributed by atoms with Crippen molar-refractivity contribution in [2.24, 2.45) is 5.92 Å². The monoisotopic (exact) mass is 401 g/mol. The standard InChI is InChI=1S/C24H32FNO3/c1-18(13-20-14-21(25)9-10-22(20)28-3)15-24(2,27)23-17-26(11-12-29-23)16-19-7-5-4-6-8-19/h4-10,14,18,23,27H,11-13,15-17H2,1-3H3. The number of benzene rings is 2. The molecule has 1 saturated heterocycles. The second-order valence-corrected chi connectivity index (χ2v) is 8.41. The second kappa shape index (κ2) is 9.70. The number of nitrogens with zero attached hydrogens (tertiary/aromatic N) is 1. The minimum Gasteiger partial charge on any atom is -0.496 e. The molecule has 0 bridgehead atoms. The molecular weight excluding hydrogens is 369 g/mol. The molecule has 0 aliphatic carbocycles. The quantitative estimate of drug-likeness (QED) is 0.725. The van der Waals surface area contributed by atoms with E-state index in [0.717, 1.165) is 18.7 Å². The lowest BCUT2D eigenvalue weighted by molar-refractivity contribution is -0.144. The number of aliphatic hydroxyl groups is 1. The van der Waals surface area contributed by atoms with Gasteiger partial charge in [0.05, 0.1) is 25.4 Å². The van der Waals surface area contributed by atoms with E-state index < -0.39 is 5.60 Å². The van der Waals surface area contributed by atoms with Gasteiger partial charge in [-0.1, -0.05) is 37.3 Å². The molecule has 1 N–H and O–H groups in total. The highest BCUT2D eigenvalue weighted by molar-refractivity contribution is 5.34. The van der Waals surface area contributed by atoms with E-state index in [1.54, 1.807) is 13.2 Å². The van der Waals surface area contributed by atoms with E-state index in [-0.39, 0.29) is 17.8 Å². The van der Waals surface area contributed by atoms with Crippen LogP contribution < -0.4 is 4.74 Å². The van der Waals surface area contributed by atoms with Gasteiger partial charge in [-0.05, 0) is 55.0 Å². The van der Waals surface area contributed by atoms with E-state index in [1.807, 2.05) is 25.1 Å². The van der Waals surface area contributed by atoms with Crippen LogP contribution in [-0.4, -0.2) is 48.5 Å². The molecule has 3 rings (SSSR count). The number of hydrogen-bond acceptors (Lipinski definition) is 4. The summed E-state index contributed by atoms with van der Waals surface area (Å²) in [5.74, 6) is 0.557. The number of halogens is 1. The number of hydrogen-bond donors (Lipinski definition) is 1. The molecule has 3 unspecified atom stereocenters. The van der Waals surface area contributed by atoms with Crippen molar-refractivity contribution in [3.63, 3.8) is 0 Å². The third kappa shape index (κ3) is 6.01. The minimum atomic E-state index is -0.963. The van der Waals surface area contributed by atoms with E-state index in [9.17, 15) is 9.50 Å². The van der Waals surface area contributed by atoms with Crippen LogP contribution in [0.1, 0.15) is 31.4 Å². The molecule has 3 atom stereocenters. The van der Waals surface area contributed by atoms with Crippen LogP contribution in [-0.2, 0) is 17.7 Å². The summed E-state index contributed by atoms with van der Waals surface area (Å²) in [7, 11) is 1.59. The van der Waals surface area contributed by atoms with Gasteiger partial charge in [-0.25, -0.2) is 4.39 Å². The first kappa shape index (κ1) is 21.8. The highest BCUT2D eigenvalue weighted by Crippen LogP contribution is 2.30. The van der Waals surface area contributed by atoms with Crippen LogP contribution in [0.4, 0.5) is 4.39 Å². The van der Waals surface area contributed by atoms with Crippen LogP contribution in [0, 0.1) is 11.7 Å². The van der Waals surface area contributed by atoms with Crippen LogP contribution >= 0.6 is 0 Å². The summed E-state index contributed by atoms with van der Waals surface area (Å²) in [5.41, 5.74) is 1.13. The van der Waals surface area contributed by atoms with Crippen molar-refractivity contribution in [3.05, 3.63) is 65.5 Å². The van der Waals surface area contributed by atoms with Gasteiger partial charge in [0.2, 0.25) is 0 Å². The average molecular weight is 402 g/mol. The van der Waals surface area contributed by atoms with Crippen molar-refractivity contribution < 1.29 is 19.0 Å². The summed E-state index contributed by atoms with van der Waals surface area (Å²) in [6.45, 7) is 6.94. The van der Waals surface area contributed by atoms with E-state index >= 15 is 0 Å². The molecule has 158 valence electrons. The van der Waals surface area contributed by atoms with Crippen LogP contribution in [0.2, 0.25) is 0 Å². The Morgan fingerprint density at radius 1 is 1.28 bits per heavy atom. The normalized spacial score (nSPS) is 20.8. The van der Waals surface area contributed by atoms with Crippen LogP contribution in [0.5, 0.6) is 5.75 Å². The lowest BCUT2D eigenvalue weighted by Gasteiger charge is -2.41. The third-order valence-corrected chi connectivity index (χ3v) is 5.67. The van der Waals surface area contributed by atoms with Crippen molar-refractivity contribution >= 4 is 0 Å². The number of ether oxygens (including phenoxy) is 2. The molecule has 1 heterocycles. The summed E-state index contributed by atoms with van der Waals surface area (Å²) in [4.78, 5) is 2.33. The highest BCUT2D eigenvalue weighted by atomic mass is 19.1. The zero-order valence-corrected chi connectivity index (χ0v) is 17.6. The molecular formula is C24H32FNO3. The van der Waals surface area contributed by atoms with Crippen molar-refractivity contribution in [3.8, 4) is 5.75 Å². The Morgan fingerprint density at radius 2 is 2.03 bits per heavy atom. The molecule has 0 amide bonds. The van der Waals surface area contributed by atoms with Gasteiger partial charge in [0.25, 0.3) is 0 Å². The lowest BCUT2D eigenvalue weighted by atomic mass is 9.84. The first-order valence-corrected chi connectivity index (χ1v) is 10.3. The predicted molar refractivity (Wildman–Crippen MR) is 113 cm³/mol. The second-order valence-electron chi connectivity index (χ2n) is 8.41. The van der Waals surface area contributed by atoms with E-state index in [4.69, 9.17) is 9.47 Å². The maximum atomic E-state index is 13.7. The summed E-state index contributed by atoms with van der Waals surface area (Å²) >= 11 is 0. The Kier molecular flexibility index (Phi) is 7.28. The Hall–Kier alpha value is -1.95. The zero-order valence-electron chi connectivity index (χ0n) is 17.6. The number of rotatable bonds is 8. The van der Waals surface area contributed by atoms with Crippen molar-refractivity contribution in [2.45, 2.75) is 44.9 Å². The molecule has 29 heavy (non-hydrogen) atoms. The molecule has 5 heteroatoms. The van der Waals surface area contributed by atoms with E-state index in [2.05, 4.69) is 24.0 Å². The average Bonchev–Trinajstić information content (AvgIpc) is 2.69. The van der Waals surface area contributed by atoms with Crippen molar-refractivity contribution in [1.29, 1.82) is 0 Å². The fourth-order valence-electron chi connectivity index (χ4n) is 4.26. The lowest BCUT2D eigenvalue weighted by Crippen LogP contribution is -2.53. The van der Waals surface area contributed by atoms with Crippen molar-refractivity contribution in [1.82, 2.24) is 4.90 Å². The van der Waals surface area contributed by atoms with Gasteiger partial charge in [-0.3, -0.25) is 4.90 Å². The van der Waals surface area contributed by atoms with Gasteiger partial charge in [-0.15, -0.1) is 0 Å². The maximum absolute atomic E-state index is 13.7. The molecule has 1 aliphatic heterocycles. The third-order valence-electron chi connectivity index (χ3n) is 5.67. The zero-order chi connectivity index (χ0) is 20.9. The smallest absolute Gasteiger partial charge is 0.123 e. The van der Waals surface area contributed by atoms with Gasteiger partial charge in [0.15, 0.2) is 0 Å². The summed E-state index contributed by atoms with van der Waals surface area (Å²) in [5, 5.41) is 11.2. The molecule has 0 radical (unpaired) electrons. The SMILES string of the molecule is COc1ccc(F)cc1CC(C)CC(C)(O)C1CN(Cc2ccccc2)CCO1. The number of morpholine rings is 1. The van der Waals surface area contributed by atoms with Crippen LogP contribution in [0.25, 0.3) is 0 Å². The van der Waals surface area contributed by atoms with Crippen LogP contribution in [0.15, 0.2) is 48.5 Å². The minimum absolute atomic E-state index is 0.147. The molecule has 0 spiro atoms. The Balaban J connectivity index is 1.60. The fraction of sp³-hybridized carbons (Fsp3) is 0.500. The Morgan fingerprint density at radius 3 is 2.76 bits per heavy atom.